The zero-order valence-electron chi connectivity index (χ0n) is 16.3. The maximum Gasteiger partial charge on any atom is 0.413 e. The van der Waals surface area contributed by atoms with Crippen LogP contribution in [-0.2, 0) is 15.1 Å². The first-order valence-corrected chi connectivity index (χ1v) is 9.53. The molecule has 2 rings (SSSR count). The van der Waals surface area contributed by atoms with Crippen LogP contribution in [0.5, 0.6) is 0 Å². The molecule has 1 aromatic carbocycles. The normalized spacial score (nSPS) is 21.0. The Hall–Kier alpha value is -2.02. The molecule has 0 aliphatic carbocycles. The van der Waals surface area contributed by atoms with Gasteiger partial charge in [-0.3, -0.25) is 10.3 Å². The van der Waals surface area contributed by atoms with Gasteiger partial charge >= 0.3 is 6.09 Å². The fraction of sp³-hybridized carbons (Fsp3) is 0.526. The van der Waals surface area contributed by atoms with Gasteiger partial charge in [-0.15, -0.1) is 0 Å². The smallest absolute Gasteiger partial charge is 0.413 e. The van der Waals surface area contributed by atoms with Crippen LogP contribution < -0.4 is 5.32 Å². The molecule has 1 aliphatic heterocycles. The lowest BCUT2D eigenvalue weighted by Crippen LogP contribution is -2.38. The van der Waals surface area contributed by atoms with Crippen molar-refractivity contribution in [3.63, 3.8) is 0 Å². The van der Waals surface area contributed by atoms with Crippen molar-refractivity contribution >= 4 is 28.7 Å². The molecule has 0 aromatic heterocycles. The van der Waals surface area contributed by atoms with Crippen LogP contribution in [0.1, 0.15) is 52.2 Å². The number of carbonyl (C=O) groups excluding carboxylic acids is 1. The van der Waals surface area contributed by atoms with Crippen molar-refractivity contribution in [3.05, 3.63) is 35.4 Å². The van der Waals surface area contributed by atoms with E-state index in [2.05, 4.69) is 23.5 Å². The van der Waals surface area contributed by atoms with E-state index in [1.54, 1.807) is 0 Å². The number of amides is 1. The number of hydrogen-bond donors (Lipinski definition) is 1. The fourth-order valence-corrected chi connectivity index (χ4v) is 3.71. The molecule has 6 nitrogen and oxygen atoms in total. The largest absolute Gasteiger partial charge is 0.444 e. The predicted octanol–water partition coefficient (Wildman–Crippen LogP) is 4.29. The van der Waals surface area contributed by atoms with Gasteiger partial charge in [-0.2, -0.15) is 0 Å². The van der Waals surface area contributed by atoms with Crippen LogP contribution in [0.2, 0.25) is 0 Å². The number of benzene rings is 1. The molecule has 142 valence electrons. The highest BCUT2D eigenvalue weighted by Gasteiger charge is 2.31. The number of thioether (sulfide) groups is 1. The Kier molecular flexibility index (Phi) is 6.34. The highest BCUT2D eigenvalue weighted by Crippen LogP contribution is 2.35. The van der Waals surface area contributed by atoms with Gasteiger partial charge in [0.15, 0.2) is 5.17 Å². The number of hydrogen-bond acceptors (Lipinski definition) is 6. The lowest BCUT2D eigenvalue weighted by atomic mass is 9.88. The summed E-state index contributed by atoms with van der Waals surface area (Å²) in [5, 5.41) is 7.35. The minimum absolute atomic E-state index is 0.418. The molecule has 0 fully saturated rings. The first kappa shape index (κ1) is 20.3. The number of nitrogens with zero attached hydrogens (tertiary/aromatic N) is 2. The minimum Gasteiger partial charge on any atom is -0.444 e. The Morgan fingerprint density at radius 2 is 2.12 bits per heavy atom. The zero-order chi connectivity index (χ0) is 19.4. The standard InChI is InChI=1S/C19H27N3O3S/c1-13(22-24-6)14-8-7-9-15(12-14)19(5)10-11-26-16(21-19)20-17(23)25-18(2,3)4/h7-9,12H,10-11H2,1-6H3,(H,20,21,23)/b22-13+. The number of aliphatic imine (C=N–C) groups is 1. The summed E-state index contributed by atoms with van der Waals surface area (Å²) in [4.78, 5) is 21.7. The van der Waals surface area contributed by atoms with E-state index in [-0.39, 0.29) is 0 Å². The summed E-state index contributed by atoms with van der Waals surface area (Å²) in [6.45, 7) is 9.48. The molecule has 1 heterocycles. The summed E-state index contributed by atoms with van der Waals surface area (Å²) < 4.78 is 5.32. The minimum atomic E-state index is -0.542. The first-order valence-electron chi connectivity index (χ1n) is 8.54. The van der Waals surface area contributed by atoms with Crippen LogP contribution in [0.4, 0.5) is 4.79 Å². The molecule has 1 unspecified atom stereocenters. The molecule has 1 atom stereocenters. The Morgan fingerprint density at radius 1 is 1.38 bits per heavy atom. The quantitative estimate of drug-likeness (QED) is 0.630. The lowest BCUT2D eigenvalue weighted by molar-refractivity contribution is 0.0564. The molecule has 0 radical (unpaired) electrons. The van der Waals surface area contributed by atoms with E-state index in [4.69, 9.17) is 14.6 Å². The molecule has 7 heteroatoms. The summed E-state index contributed by atoms with van der Waals surface area (Å²) >= 11 is 1.53. The Balaban J connectivity index is 2.24. The monoisotopic (exact) mass is 377 g/mol. The number of ether oxygens (including phenoxy) is 1. The number of amidine groups is 1. The van der Waals surface area contributed by atoms with Crippen molar-refractivity contribution in [2.24, 2.45) is 10.1 Å². The molecule has 0 saturated heterocycles. The first-order chi connectivity index (χ1) is 12.1. The second-order valence-electron chi connectivity index (χ2n) is 7.36. The highest BCUT2D eigenvalue weighted by atomic mass is 32.2. The maximum atomic E-state index is 12.0. The molecule has 0 saturated carbocycles. The van der Waals surface area contributed by atoms with E-state index < -0.39 is 17.2 Å². The van der Waals surface area contributed by atoms with Gasteiger partial charge in [0.2, 0.25) is 0 Å². The summed E-state index contributed by atoms with van der Waals surface area (Å²) in [5.41, 5.74) is 1.91. The zero-order valence-corrected chi connectivity index (χ0v) is 17.1. The van der Waals surface area contributed by atoms with Crippen LogP contribution in [0.25, 0.3) is 0 Å². The molecule has 0 spiro atoms. The van der Waals surface area contributed by atoms with Crippen molar-refractivity contribution in [3.8, 4) is 0 Å². The average molecular weight is 378 g/mol. The molecule has 1 N–H and O–H groups in total. The van der Waals surface area contributed by atoms with E-state index in [1.165, 1.54) is 18.9 Å². The topological polar surface area (TPSA) is 72.3 Å². The Morgan fingerprint density at radius 3 is 2.77 bits per heavy atom. The second kappa shape index (κ2) is 8.12. The van der Waals surface area contributed by atoms with Crippen molar-refractivity contribution in [1.82, 2.24) is 5.32 Å². The second-order valence-corrected chi connectivity index (χ2v) is 8.44. The van der Waals surface area contributed by atoms with Gasteiger partial charge < -0.3 is 9.57 Å². The van der Waals surface area contributed by atoms with Gasteiger partial charge in [0.1, 0.15) is 12.7 Å². The number of alkyl carbamates (subject to hydrolysis) is 1. The van der Waals surface area contributed by atoms with Gasteiger partial charge in [-0.1, -0.05) is 35.1 Å². The summed E-state index contributed by atoms with van der Waals surface area (Å²) in [6.07, 6.45) is 0.394. The van der Waals surface area contributed by atoms with Crippen molar-refractivity contribution in [2.75, 3.05) is 12.9 Å². The van der Waals surface area contributed by atoms with Crippen molar-refractivity contribution in [2.45, 2.75) is 52.2 Å². The van der Waals surface area contributed by atoms with Crippen molar-refractivity contribution < 1.29 is 14.4 Å². The van der Waals surface area contributed by atoms with E-state index in [1.807, 2.05) is 45.9 Å². The van der Waals surface area contributed by atoms with Crippen LogP contribution in [0.15, 0.2) is 34.4 Å². The van der Waals surface area contributed by atoms with Crippen LogP contribution in [0, 0.1) is 0 Å². The fourth-order valence-electron chi connectivity index (χ4n) is 2.59. The molecule has 1 aliphatic rings. The number of carbonyl (C=O) groups is 1. The highest BCUT2D eigenvalue weighted by molar-refractivity contribution is 8.13. The average Bonchev–Trinajstić information content (AvgIpc) is 2.53. The van der Waals surface area contributed by atoms with Gasteiger partial charge in [0.25, 0.3) is 0 Å². The van der Waals surface area contributed by atoms with Crippen LogP contribution >= 0.6 is 11.8 Å². The number of nitrogens with one attached hydrogen (secondary N) is 1. The van der Waals surface area contributed by atoms with Gasteiger partial charge in [0, 0.05) is 5.75 Å². The summed E-state index contributed by atoms with van der Waals surface area (Å²) in [7, 11) is 1.53. The third-order valence-corrected chi connectivity index (χ3v) is 4.79. The van der Waals surface area contributed by atoms with Crippen LogP contribution in [0.3, 0.4) is 0 Å². The molecular weight excluding hydrogens is 350 g/mol. The number of oxime groups is 1. The number of rotatable bonds is 3. The van der Waals surface area contributed by atoms with E-state index in [9.17, 15) is 4.79 Å². The SMILES string of the molecule is CO/N=C(\C)c1cccc(C2(C)CCSC(NC(=O)OC(C)(C)C)=N2)c1. The molecule has 26 heavy (non-hydrogen) atoms. The van der Waals surface area contributed by atoms with Gasteiger partial charge in [-0.05, 0) is 58.2 Å². The van der Waals surface area contributed by atoms with Crippen LogP contribution in [-0.4, -0.2) is 35.4 Å². The van der Waals surface area contributed by atoms with E-state index in [0.717, 1.165) is 29.0 Å². The molecule has 0 bridgehead atoms. The Bertz CT molecular complexity index is 725. The van der Waals surface area contributed by atoms with Gasteiger partial charge in [-0.25, -0.2) is 4.79 Å². The third-order valence-electron chi connectivity index (χ3n) is 3.91. The Labute approximate surface area is 159 Å². The molecular formula is C19H27N3O3S. The van der Waals surface area contributed by atoms with Gasteiger partial charge in [0.05, 0.1) is 11.3 Å². The third kappa shape index (κ3) is 5.49. The van der Waals surface area contributed by atoms with E-state index in [0.29, 0.717) is 5.17 Å². The maximum absolute atomic E-state index is 12.0. The molecule has 1 aromatic rings. The molecule has 1 amide bonds. The van der Waals surface area contributed by atoms with E-state index >= 15 is 0 Å². The summed E-state index contributed by atoms with van der Waals surface area (Å²) in [6, 6.07) is 8.10. The predicted molar refractivity (Wildman–Crippen MR) is 107 cm³/mol. The lowest BCUT2D eigenvalue weighted by Gasteiger charge is -2.31. The van der Waals surface area contributed by atoms with Crippen molar-refractivity contribution in [1.29, 1.82) is 0 Å². The summed E-state index contributed by atoms with van der Waals surface area (Å²) in [5.74, 6) is 0.862.